The van der Waals surface area contributed by atoms with Gasteiger partial charge in [-0.15, -0.1) is 0 Å². The molecule has 0 fully saturated rings. The molecule has 1 aromatic carbocycles. The first kappa shape index (κ1) is 17.3. The molecule has 3 heteroatoms. The fourth-order valence-electron chi connectivity index (χ4n) is 2.23. The molecule has 1 aromatic rings. The van der Waals surface area contributed by atoms with Crippen LogP contribution in [0, 0.1) is 0 Å². The van der Waals surface area contributed by atoms with E-state index in [-0.39, 0.29) is 0 Å². The molecule has 1 rings (SSSR count). The predicted octanol–water partition coefficient (Wildman–Crippen LogP) is 5.04. The number of rotatable bonds is 11. The molecule has 0 saturated carbocycles. The minimum Gasteiger partial charge on any atom is -0.384 e. The van der Waals surface area contributed by atoms with Crippen molar-refractivity contribution >= 4 is 17.3 Å². The van der Waals surface area contributed by atoms with Crippen molar-refractivity contribution in [1.29, 1.82) is 0 Å². The summed E-state index contributed by atoms with van der Waals surface area (Å²) in [6.45, 7) is 9.16. The van der Waals surface area contributed by atoms with Crippen molar-refractivity contribution in [2.75, 3.05) is 31.5 Å². The molecule has 0 aromatic heterocycles. The molecule has 0 unspecified atom stereocenters. The molecule has 0 saturated heterocycles. The van der Waals surface area contributed by atoms with Gasteiger partial charge in [-0.1, -0.05) is 50.4 Å². The van der Waals surface area contributed by atoms with E-state index in [0.29, 0.717) is 0 Å². The lowest BCUT2D eigenvalue weighted by Gasteiger charge is -2.22. The van der Waals surface area contributed by atoms with Crippen LogP contribution in [0.15, 0.2) is 24.3 Å². The molecule has 2 nitrogen and oxygen atoms in total. The van der Waals surface area contributed by atoms with Crippen molar-refractivity contribution < 1.29 is 0 Å². The standard InChI is InChI=1S/C17H29ClN2/c1-3-5-13-20(14-6-4-2)15-9-12-19-17-11-8-7-10-16(17)18/h7-8,10-11,19H,3-6,9,12-15H2,1-2H3. The maximum Gasteiger partial charge on any atom is 0.0637 e. The van der Waals surface area contributed by atoms with E-state index in [1.165, 1.54) is 51.7 Å². The number of hydrogen-bond acceptors (Lipinski definition) is 2. The van der Waals surface area contributed by atoms with E-state index in [9.17, 15) is 0 Å². The number of benzene rings is 1. The molecule has 0 aliphatic rings. The highest BCUT2D eigenvalue weighted by Crippen LogP contribution is 2.20. The van der Waals surface area contributed by atoms with Crippen LogP contribution in [0.3, 0.4) is 0 Å². The third-order valence-electron chi connectivity index (χ3n) is 3.50. The van der Waals surface area contributed by atoms with Gasteiger partial charge in [-0.2, -0.15) is 0 Å². The van der Waals surface area contributed by atoms with Crippen molar-refractivity contribution in [3.63, 3.8) is 0 Å². The first-order chi connectivity index (χ1) is 9.77. The average Bonchev–Trinajstić information content (AvgIpc) is 2.47. The van der Waals surface area contributed by atoms with Crippen molar-refractivity contribution in [2.45, 2.75) is 46.0 Å². The van der Waals surface area contributed by atoms with Gasteiger partial charge in [0.05, 0.1) is 10.7 Å². The number of hydrogen-bond donors (Lipinski definition) is 1. The molecule has 0 bridgehead atoms. The Morgan fingerprint density at radius 2 is 1.55 bits per heavy atom. The smallest absolute Gasteiger partial charge is 0.0637 e. The fraction of sp³-hybridized carbons (Fsp3) is 0.647. The van der Waals surface area contributed by atoms with Gasteiger partial charge in [0.25, 0.3) is 0 Å². The number of nitrogens with zero attached hydrogens (tertiary/aromatic N) is 1. The Hall–Kier alpha value is -0.730. The molecule has 0 atom stereocenters. The number of nitrogens with one attached hydrogen (secondary N) is 1. The average molecular weight is 297 g/mol. The maximum absolute atomic E-state index is 6.13. The van der Waals surface area contributed by atoms with Crippen LogP contribution < -0.4 is 5.32 Å². The predicted molar refractivity (Wildman–Crippen MR) is 90.8 cm³/mol. The molecule has 0 amide bonds. The summed E-state index contributed by atoms with van der Waals surface area (Å²) >= 11 is 6.13. The first-order valence-corrected chi connectivity index (χ1v) is 8.36. The molecule has 20 heavy (non-hydrogen) atoms. The highest BCUT2D eigenvalue weighted by molar-refractivity contribution is 6.33. The van der Waals surface area contributed by atoms with E-state index in [0.717, 1.165) is 17.3 Å². The first-order valence-electron chi connectivity index (χ1n) is 7.98. The third kappa shape index (κ3) is 7.16. The van der Waals surface area contributed by atoms with Gasteiger partial charge in [0, 0.05) is 6.54 Å². The van der Waals surface area contributed by atoms with E-state index in [2.05, 4.69) is 24.1 Å². The fourth-order valence-corrected chi connectivity index (χ4v) is 2.43. The topological polar surface area (TPSA) is 15.3 Å². The summed E-state index contributed by atoms with van der Waals surface area (Å²) in [6, 6.07) is 7.95. The zero-order chi connectivity index (χ0) is 14.6. The lowest BCUT2D eigenvalue weighted by molar-refractivity contribution is 0.264. The molecular weight excluding hydrogens is 268 g/mol. The van der Waals surface area contributed by atoms with Gasteiger partial charge in [0.15, 0.2) is 0 Å². The van der Waals surface area contributed by atoms with Gasteiger partial charge in [0.2, 0.25) is 0 Å². The van der Waals surface area contributed by atoms with Crippen molar-refractivity contribution in [1.82, 2.24) is 4.90 Å². The van der Waals surface area contributed by atoms with Crippen molar-refractivity contribution in [2.24, 2.45) is 0 Å². The van der Waals surface area contributed by atoms with E-state index < -0.39 is 0 Å². The number of halogens is 1. The lowest BCUT2D eigenvalue weighted by atomic mass is 10.2. The molecule has 0 heterocycles. The van der Waals surface area contributed by atoms with Crippen LogP contribution in [0.4, 0.5) is 5.69 Å². The van der Waals surface area contributed by atoms with E-state index in [4.69, 9.17) is 11.6 Å². The molecule has 0 aliphatic heterocycles. The molecule has 1 N–H and O–H groups in total. The van der Waals surface area contributed by atoms with Crippen LogP contribution in [-0.4, -0.2) is 31.1 Å². The SMILES string of the molecule is CCCCN(CCCC)CCCNc1ccccc1Cl. The Bertz CT molecular complexity index is 347. The monoisotopic (exact) mass is 296 g/mol. The Balaban J connectivity index is 2.23. The Morgan fingerprint density at radius 3 is 2.15 bits per heavy atom. The van der Waals surface area contributed by atoms with Crippen LogP contribution in [0.1, 0.15) is 46.0 Å². The summed E-state index contributed by atoms with van der Waals surface area (Å²) in [5, 5.41) is 4.23. The highest BCUT2D eigenvalue weighted by Gasteiger charge is 2.04. The van der Waals surface area contributed by atoms with Crippen LogP contribution in [-0.2, 0) is 0 Å². The summed E-state index contributed by atoms with van der Waals surface area (Å²) in [5.74, 6) is 0. The second-order valence-electron chi connectivity index (χ2n) is 5.31. The van der Waals surface area contributed by atoms with Gasteiger partial charge < -0.3 is 10.2 Å². The zero-order valence-corrected chi connectivity index (χ0v) is 13.8. The summed E-state index contributed by atoms with van der Waals surface area (Å²) in [7, 11) is 0. The Kier molecular flexibility index (Phi) is 9.52. The summed E-state index contributed by atoms with van der Waals surface area (Å²) in [5.41, 5.74) is 1.04. The van der Waals surface area contributed by atoms with Gasteiger partial charge in [-0.05, 0) is 51.0 Å². The minimum atomic E-state index is 0.807. The molecule has 0 aliphatic carbocycles. The van der Waals surface area contributed by atoms with Gasteiger partial charge in [-0.3, -0.25) is 0 Å². The molecule has 0 spiro atoms. The van der Waals surface area contributed by atoms with Crippen molar-refractivity contribution in [3.8, 4) is 0 Å². The van der Waals surface area contributed by atoms with Gasteiger partial charge in [-0.25, -0.2) is 0 Å². The van der Waals surface area contributed by atoms with Crippen LogP contribution in [0.5, 0.6) is 0 Å². The second kappa shape index (κ2) is 11.0. The van der Waals surface area contributed by atoms with E-state index >= 15 is 0 Å². The summed E-state index contributed by atoms with van der Waals surface area (Å²) < 4.78 is 0. The minimum absolute atomic E-state index is 0.807. The van der Waals surface area contributed by atoms with Gasteiger partial charge >= 0.3 is 0 Å². The quantitative estimate of drug-likeness (QED) is 0.575. The highest BCUT2D eigenvalue weighted by atomic mass is 35.5. The normalized spacial score (nSPS) is 11.0. The van der Waals surface area contributed by atoms with Crippen LogP contribution >= 0.6 is 11.6 Å². The van der Waals surface area contributed by atoms with Crippen LogP contribution in [0.2, 0.25) is 5.02 Å². The summed E-state index contributed by atoms with van der Waals surface area (Å²) in [6.07, 6.45) is 6.34. The molecule has 114 valence electrons. The number of anilines is 1. The third-order valence-corrected chi connectivity index (χ3v) is 3.83. The largest absolute Gasteiger partial charge is 0.384 e. The Morgan fingerprint density at radius 1 is 0.950 bits per heavy atom. The second-order valence-corrected chi connectivity index (χ2v) is 5.72. The zero-order valence-electron chi connectivity index (χ0n) is 13.0. The Labute approximate surface area is 129 Å². The number of para-hydroxylation sites is 1. The van der Waals surface area contributed by atoms with E-state index in [1.807, 2.05) is 24.3 Å². The molecule has 0 radical (unpaired) electrons. The number of unbranched alkanes of at least 4 members (excludes halogenated alkanes) is 2. The van der Waals surface area contributed by atoms with Crippen LogP contribution in [0.25, 0.3) is 0 Å². The summed E-state index contributed by atoms with van der Waals surface area (Å²) in [4.78, 5) is 2.60. The van der Waals surface area contributed by atoms with Gasteiger partial charge in [0.1, 0.15) is 0 Å². The van der Waals surface area contributed by atoms with E-state index in [1.54, 1.807) is 0 Å². The molecular formula is C17H29ClN2. The van der Waals surface area contributed by atoms with Crippen molar-refractivity contribution in [3.05, 3.63) is 29.3 Å². The maximum atomic E-state index is 6.13. The lowest BCUT2D eigenvalue weighted by Crippen LogP contribution is -2.28.